The third-order valence-corrected chi connectivity index (χ3v) is 12.0. The summed E-state index contributed by atoms with van der Waals surface area (Å²) in [6, 6.07) is 77.8. The smallest absolute Gasteiger partial charge is 0.164 e. The number of benzene rings is 10. The van der Waals surface area contributed by atoms with Gasteiger partial charge in [-0.3, -0.25) is 0 Å². The Balaban J connectivity index is 0.997. The Labute approximate surface area is 352 Å². The Morgan fingerprint density at radius 1 is 0.262 bits per heavy atom. The zero-order valence-corrected chi connectivity index (χ0v) is 33.1. The second-order valence-electron chi connectivity index (χ2n) is 15.6. The van der Waals surface area contributed by atoms with Gasteiger partial charge in [0.05, 0.1) is 11.0 Å². The molecule has 0 N–H and O–H groups in total. The maximum absolute atomic E-state index is 4.96. The van der Waals surface area contributed by atoms with Gasteiger partial charge < -0.3 is 4.57 Å². The van der Waals surface area contributed by atoms with Crippen molar-refractivity contribution in [2.75, 3.05) is 0 Å². The molecule has 0 saturated carbocycles. The number of aromatic nitrogens is 4. The number of fused-ring (bicyclic) bond motifs is 9. The second kappa shape index (κ2) is 14.3. The highest BCUT2D eigenvalue weighted by Gasteiger charge is 2.18. The normalized spacial score (nSPS) is 11.6. The maximum Gasteiger partial charge on any atom is 0.164 e. The fraction of sp³-hybridized carbons (Fsp3) is 0. The van der Waals surface area contributed by atoms with E-state index in [1.807, 2.05) is 60.7 Å². The molecule has 4 heteroatoms. The molecule has 4 nitrogen and oxygen atoms in total. The van der Waals surface area contributed by atoms with E-state index in [2.05, 4.69) is 162 Å². The summed E-state index contributed by atoms with van der Waals surface area (Å²) in [7, 11) is 0. The fourth-order valence-corrected chi connectivity index (χ4v) is 9.17. The van der Waals surface area contributed by atoms with Crippen LogP contribution in [0.1, 0.15) is 0 Å². The Morgan fingerprint density at radius 2 is 0.721 bits per heavy atom. The summed E-state index contributed by atoms with van der Waals surface area (Å²) in [5.41, 5.74) is 11.1. The van der Waals surface area contributed by atoms with Crippen molar-refractivity contribution < 1.29 is 0 Å². The largest absolute Gasteiger partial charge is 0.309 e. The van der Waals surface area contributed by atoms with Crippen molar-refractivity contribution in [3.05, 3.63) is 218 Å². The van der Waals surface area contributed by atoms with Gasteiger partial charge in [-0.05, 0) is 84.9 Å². The minimum Gasteiger partial charge on any atom is -0.309 e. The average Bonchev–Trinajstić information content (AvgIpc) is 3.68. The van der Waals surface area contributed by atoms with E-state index in [1.54, 1.807) is 0 Å². The number of rotatable bonds is 6. The molecule has 2 heterocycles. The van der Waals surface area contributed by atoms with Crippen molar-refractivity contribution in [1.82, 2.24) is 19.5 Å². The molecular weight excluding hydrogens is 741 g/mol. The zero-order chi connectivity index (χ0) is 40.3. The van der Waals surface area contributed by atoms with E-state index in [0.29, 0.717) is 17.5 Å². The van der Waals surface area contributed by atoms with Crippen LogP contribution >= 0.6 is 0 Å². The van der Waals surface area contributed by atoms with Crippen LogP contribution in [-0.4, -0.2) is 19.5 Å². The summed E-state index contributed by atoms with van der Waals surface area (Å²) in [5, 5.41) is 9.98. The summed E-state index contributed by atoms with van der Waals surface area (Å²) in [4.78, 5) is 14.8. The third-order valence-electron chi connectivity index (χ3n) is 12.0. The molecule has 12 aromatic rings. The van der Waals surface area contributed by atoms with Gasteiger partial charge in [0.15, 0.2) is 17.5 Å². The van der Waals surface area contributed by atoms with Gasteiger partial charge in [0.25, 0.3) is 0 Å². The second-order valence-corrected chi connectivity index (χ2v) is 15.6. The summed E-state index contributed by atoms with van der Waals surface area (Å²) < 4.78 is 2.40. The zero-order valence-electron chi connectivity index (χ0n) is 33.1. The highest BCUT2D eigenvalue weighted by atomic mass is 15.0. The van der Waals surface area contributed by atoms with Crippen molar-refractivity contribution >= 4 is 54.1 Å². The van der Waals surface area contributed by atoms with Crippen LogP contribution < -0.4 is 0 Å². The predicted octanol–water partition coefficient (Wildman–Crippen LogP) is 14.8. The van der Waals surface area contributed by atoms with Crippen LogP contribution in [0.3, 0.4) is 0 Å². The van der Waals surface area contributed by atoms with Crippen molar-refractivity contribution in [3.63, 3.8) is 0 Å². The van der Waals surface area contributed by atoms with Crippen LogP contribution in [-0.2, 0) is 0 Å². The molecular formula is C57H36N4. The van der Waals surface area contributed by atoms with Crippen LogP contribution in [0.4, 0.5) is 0 Å². The number of hydrogen-bond donors (Lipinski definition) is 0. The van der Waals surface area contributed by atoms with E-state index in [9.17, 15) is 0 Å². The van der Waals surface area contributed by atoms with Gasteiger partial charge in [0.2, 0.25) is 0 Å². The fourth-order valence-electron chi connectivity index (χ4n) is 9.17. The van der Waals surface area contributed by atoms with Crippen molar-refractivity contribution in [2.45, 2.75) is 0 Å². The van der Waals surface area contributed by atoms with E-state index in [0.717, 1.165) is 33.5 Å². The van der Waals surface area contributed by atoms with E-state index >= 15 is 0 Å². The molecule has 0 aliphatic rings. The summed E-state index contributed by atoms with van der Waals surface area (Å²) in [5.74, 6) is 1.95. The first-order valence-electron chi connectivity index (χ1n) is 20.7. The lowest BCUT2D eigenvalue weighted by molar-refractivity contribution is 1.07. The molecule has 284 valence electrons. The molecule has 0 spiro atoms. The standard InChI is InChI=1S/C57H36N4/c1-4-15-38(16-5-1)55-58-56(39-17-6-2-7-18-39)60-57(59-55)40-29-27-37(28-30-40)41-31-34-50-51(35-41)46-22-11-10-21-45(46)49-25-14-24-44(54(49)50)42-32-33-48-47-23-12-13-26-52(47)61(53(48)36-42)43-19-8-3-9-20-43/h1-36H. The number of nitrogens with zero attached hydrogens (tertiary/aromatic N) is 4. The molecule has 12 rings (SSSR count). The minimum atomic E-state index is 0.644. The van der Waals surface area contributed by atoms with Gasteiger partial charge in [0.1, 0.15) is 0 Å². The van der Waals surface area contributed by atoms with Crippen molar-refractivity contribution in [1.29, 1.82) is 0 Å². The topological polar surface area (TPSA) is 43.6 Å². The quantitative estimate of drug-likeness (QED) is 0.158. The first-order valence-corrected chi connectivity index (χ1v) is 20.7. The molecule has 0 aliphatic carbocycles. The molecule has 0 amide bonds. The number of hydrogen-bond acceptors (Lipinski definition) is 3. The number of para-hydroxylation sites is 2. The molecule has 0 bridgehead atoms. The van der Waals surface area contributed by atoms with E-state index < -0.39 is 0 Å². The van der Waals surface area contributed by atoms with Gasteiger partial charge in [-0.1, -0.05) is 188 Å². The average molecular weight is 777 g/mol. The Bertz CT molecular complexity index is 3560. The Hall–Kier alpha value is -8.21. The van der Waals surface area contributed by atoms with Crippen LogP contribution in [0.2, 0.25) is 0 Å². The lowest BCUT2D eigenvalue weighted by Gasteiger charge is -2.16. The SMILES string of the molecule is c1ccc(-c2nc(-c3ccccc3)nc(-c3ccc(-c4ccc5c(c4)c4ccccc4c4cccc(-c6ccc7c8ccccc8n(-c8ccccc8)c7c6)c45)cc3)n2)cc1. The molecule has 0 aliphatic heterocycles. The van der Waals surface area contributed by atoms with E-state index in [4.69, 9.17) is 15.0 Å². The molecule has 0 atom stereocenters. The van der Waals surface area contributed by atoms with Crippen molar-refractivity contribution in [2.24, 2.45) is 0 Å². The predicted molar refractivity (Wildman–Crippen MR) is 254 cm³/mol. The Morgan fingerprint density at radius 3 is 1.39 bits per heavy atom. The molecule has 2 aromatic heterocycles. The van der Waals surface area contributed by atoms with Gasteiger partial charge in [0, 0.05) is 33.2 Å². The Kier molecular flexibility index (Phi) is 8.13. The molecule has 10 aromatic carbocycles. The minimum absolute atomic E-state index is 0.644. The summed E-state index contributed by atoms with van der Waals surface area (Å²) in [6.45, 7) is 0. The third kappa shape index (κ3) is 5.88. The van der Waals surface area contributed by atoms with Crippen LogP contribution in [0, 0.1) is 0 Å². The molecule has 0 fully saturated rings. The van der Waals surface area contributed by atoms with Crippen LogP contribution in [0.25, 0.3) is 116 Å². The lowest BCUT2D eigenvalue weighted by atomic mass is 9.88. The first-order chi connectivity index (χ1) is 30.2. The van der Waals surface area contributed by atoms with Gasteiger partial charge in [-0.2, -0.15) is 0 Å². The molecule has 61 heavy (non-hydrogen) atoms. The van der Waals surface area contributed by atoms with Crippen LogP contribution in [0.5, 0.6) is 0 Å². The van der Waals surface area contributed by atoms with Gasteiger partial charge >= 0.3 is 0 Å². The molecule has 0 unspecified atom stereocenters. The van der Waals surface area contributed by atoms with Gasteiger partial charge in [-0.25, -0.2) is 15.0 Å². The first kappa shape index (κ1) is 34.8. The molecule has 0 radical (unpaired) electrons. The summed E-state index contributed by atoms with van der Waals surface area (Å²) in [6.07, 6.45) is 0. The van der Waals surface area contributed by atoms with Gasteiger partial charge in [-0.15, -0.1) is 0 Å². The van der Waals surface area contributed by atoms with E-state index in [-0.39, 0.29) is 0 Å². The highest BCUT2D eigenvalue weighted by molar-refractivity contribution is 6.29. The molecule has 0 saturated heterocycles. The van der Waals surface area contributed by atoms with Crippen molar-refractivity contribution in [3.8, 4) is 62.1 Å². The lowest BCUT2D eigenvalue weighted by Crippen LogP contribution is -2.00. The summed E-state index contributed by atoms with van der Waals surface area (Å²) >= 11 is 0. The monoisotopic (exact) mass is 776 g/mol. The highest BCUT2D eigenvalue weighted by Crippen LogP contribution is 2.43. The van der Waals surface area contributed by atoms with E-state index in [1.165, 1.54) is 65.3 Å². The maximum atomic E-state index is 4.96. The van der Waals surface area contributed by atoms with Crippen LogP contribution in [0.15, 0.2) is 218 Å².